The molecule has 1 aliphatic heterocycles. The fourth-order valence-corrected chi connectivity index (χ4v) is 5.04. The van der Waals surface area contributed by atoms with Crippen molar-refractivity contribution in [2.24, 2.45) is 5.10 Å². The van der Waals surface area contributed by atoms with Crippen LogP contribution >= 0.6 is 0 Å². The van der Waals surface area contributed by atoms with Gasteiger partial charge in [0, 0.05) is 23.7 Å². The van der Waals surface area contributed by atoms with Crippen molar-refractivity contribution in [1.82, 2.24) is 9.78 Å². The molecule has 0 radical (unpaired) electrons. The smallest absolute Gasteiger partial charge is 0.161 e. The molecule has 6 heteroatoms. The minimum Gasteiger partial charge on any atom is -0.493 e. The Morgan fingerprint density at radius 1 is 0.718 bits per heavy atom. The summed E-state index contributed by atoms with van der Waals surface area (Å²) >= 11 is 0. The Hall–Kier alpha value is -4.84. The molecule has 6 rings (SSSR count). The minimum atomic E-state index is -0.0516. The summed E-state index contributed by atoms with van der Waals surface area (Å²) < 4.78 is 13.1. The van der Waals surface area contributed by atoms with Gasteiger partial charge in [-0.05, 0) is 55.0 Å². The van der Waals surface area contributed by atoms with Gasteiger partial charge in [-0.3, -0.25) is 5.01 Å². The lowest BCUT2D eigenvalue weighted by molar-refractivity contribution is 0.355. The van der Waals surface area contributed by atoms with Gasteiger partial charge in [0.1, 0.15) is 0 Å². The fraction of sp³-hybridized carbons (Fsp3) is 0.152. The average molecular weight is 515 g/mol. The molecule has 194 valence electrons. The van der Waals surface area contributed by atoms with E-state index in [-0.39, 0.29) is 6.04 Å². The topological polar surface area (TPSA) is 51.9 Å². The molecule has 5 aromatic rings. The molecule has 2 heterocycles. The highest BCUT2D eigenvalue weighted by molar-refractivity contribution is 6.03. The largest absolute Gasteiger partial charge is 0.493 e. The monoisotopic (exact) mass is 514 g/mol. The average Bonchev–Trinajstić information content (AvgIpc) is 3.63. The number of benzene rings is 4. The van der Waals surface area contributed by atoms with Gasteiger partial charge in [-0.2, -0.15) is 10.2 Å². The third-order valence-corrected chi connectivity index (χ3v) is 7.10. The van der Waals surface area contributed by atoms with Crippen LogP contribution in [0.5, 0.6) is 11.5 Å². The van der Waals surface area contributed by atoms with E-state index in [1.54, 1.807) is 14.2 Å². The van der Waals surface area contributed by atoms with Crippen LogP contribution in [-0.2, 0) is 0 Å². The maximum absolute atomic E-state index is 5.64. The summed E-state index contributed by atoms with van der Waals surface area (Å²) in [6, 6.07) is 35.0. The molecule has 0 spiro atoms. The van der Waals surface area contributed by atoms with Gasteiger partial charge in [0.25, 0.3) is 0 Å². The molecule has 0 amide bonds. The van der Waals surface area contributed by atoms with Crippen LogP contribution in [-0.4, -0.2) is 29.7 Å². The molecule has 0 aliphatic carbocycles. The van der Waals surface area contributed by atoms with Crippen molar-refractivity contribution in [1.29, 1.82) is 0 Å². The molecule has 1 atom stereocenters. The normalized spacial score (nSPS) is 14.8. The molecule has 1 aromatic heterocycles. The second-order valence-electron chi connectivity index (χ2n) is 9.60. The Morgan fingerprint density at radius 3 is 2.03 bits per heavy atom. The predicted molar refractivity (Wildman–Crippen MR) is 156 cm³/mol. The van der Waals surface area contributed by atoms with Gasteiger partial charge in [0.15, 0.2) is 11.5 Å². The van der Waals surface area contributed by atoms with Gasteiger partial charge in [0.05, 0.1) is 43.0 Å². The molecule has 0 N–H and O–H groups in total. The molecule has 1 unspecified atom stereocenters. The van der Waals surface area contributed by atoms with E-state index in [1.165, 1.54) is 5.56 Å². The van der Waals surface area contributed by atoms with Crippen LogP contribution < -0.4 is 14.5 Å². The number of rotatable bonds is 7. The molecular formula is C33H30N4O2. The Labute approximate surface area is 228 Å². The van der Waals surface area contributed by atoms with Crippen LogP contribution in [0.25, 0.3) is 16.9 Å². The number of anilines is 1. The second-order valence-corrected chi connectivity index (χ2v) is 9.60. The number of methoxy groups -OCH3 is 2. The maximum atomic E-state index is 5.64. The third kappa shape index (κ3) is 4.77. The van der Waals surface area contributed by atoms with Gasteiger partial charge < -0.3 is 9.47 Å². The zero-order valence-corrected chi connectivity index (χ0v) is 22.3. The zero-order valence-electron chi connectivity index (χ0n) is 22.3. The fourth-order valence-electron chi connectivity index (χ4n) is 5.04. The highest BCUT2D eigenvalue weighted by atomic mass is 16.5. The van der Waals surface area contributed by atoms with Crippen LogP contribution in [0.1, 0.15) is 29.2 Å². The van der Waals surface area contributed by atoms with E-state index in [1.807, 2.05) is 47.1 Å². The van der Waals surface area contributed by atoms with Crippen molar-refractivity contribution in [3.63, 3.8) is 0 Å². The van der Waals surface area contributed by atoms with Crippen molar-refractivity contribution in [3.05, 3.63) is 126 Å². The van der Waals surface area contributed by atoms with Crippen molar-refractivity contribution >= 4 is 11.4 Å². The molecule has 6 nitrogen and oxygen atoms in total. The van der Waals surface area contributed by atoms with Crippen molar-refractivity contribution in [2.75, 3.05) is 19.2 Å². The molecule has 0 saturated carbocycles. The molecule has 0 saturated heterocycles. The van der Waals surface area contributed by atoms with Crippen LogP contribution in [0, 0.1) is 6.92 Å². The molecule has 4 aromatic carbocycles. The molecule has 39 heavy (non-hydrogen) atoms. The summed E-state index contributed by atoms with van der Waals surface area (Å²) in [5.41, 5.74) is 8.36. The number of para-hydroxylation sites is 2. The molecular weight excluding hydrogens is 484 g/mol. The van der Waals surface area contributed by atoms with E-state index in [4.69, 9.17) is 19.7 Å². The third-order valence-electron chi connectivity index (χ3n) is 7.10. The minimum absolute atomic E-state index is 0.0516. The summed E-state index contributed by atoms with van der Waals surface area (Å²) in [7, 11) is 3.30. The van der Waals surface area contributed by atoms with Crippen LogP contribution in [0.3, 0.4) is 0 Å². The van der Waals surface area contributed by atoms with Gasteiger partial charge in [0.2, 0.25) is 0 Å². The number of aromatic nitrogens is 2. The SMILES string of the molecule is COc1ccc(-c2nn(-c3ccccc3)cc2C2CC(c3ccc(C)cc3)=NN2c2ccccc2)cc1OC. The van der Waals surface area contributed by atoms with Gasteiger partial charge >= 0.3 is 0 Å². The Bertz CT molecular complexity index is 1610. The van der Waals surface area contributed by atoms with E-state index in [2.05, 4.69) is 78.8 Å². The second kappa shape index (κ2) is 10.5. The Morgan fingerprint density at radius 2 is 1.36 bits per heavy atom. The zero-order chi connectivity index (χ0) is 26.8. The lowest BCUT2D eigenvalue weighted by Gasteiger charge is -2.23. The van der Waals surface area contributed by atoms with Gasteiger partial charge in [-0.15, -0.1) is 0 Å². The molecule has 0 bridgehead atoms. The standard InChI is InChI=1S/C33H30N4O2/c1-23-14-16-24(17-15-23)29-21-30(37(34-29)27-12-8-5-9-13-27)28-22-36(26-10-6-4-7-11-26)35-33(28)25-18-19-31(38-2)32(20-25)39-3/h4-20,22,30H,21H2,1-3H3. The molecule has 0 fully saturated rings. The number of hydrazone groups is 1. The predicted octanol–water partition coefficient (Wildman–Crippen LogP) is 7.22. The van der Waals surface area contributed by atoms with E-state index in [0.717, 1.165) is 45.9 Å². The van der Waals surface area contributed by atoms with Crippen LogP contribution in [0.15, 0.2) is 114 Å². The number of hydrogen-bond acceptors (Lipinski definition) is 5. The van der Waals surface area contributed by atoms with Crippen molar-refractivity contribution in [2.45, 2.75) is 19.4 Å². The van der Waals surface area contributed by atoms with Crippen LogP contribution in [0.4, 0.5) is 5.69 Å². The van der Waals surface area contributed by atoms with Gasteiger partial charge in [-0.25, -0.2) is 4.68 Å². The Balaban J connectivity index is 1.51. The van der Waals surface area contributed by atoms with Crippen molar-refractivity contribution in [3.8, 4) is 28.4 Å². The maximum Gasteiger partial charge on any atom is 0.161 e. The first-order valence-corrected chi connectivity index (χ1v) is 13.0. The summed E-state index contributed by atoms with van der Waals surface area (Å²) in [5.74, 6) is 1.35. The number of hydrogen-bond donors (Lipinski definition) is 0. The van der Waals surface area contributed by atoms with E-state index < -0.39 is 0 Å². The molecule has 1 aliphatic rings. The van der Waals surface area contributed by atoms with Crippen molar-refractivity contribution < 1.29 is 9.47 Å². The van der Waals surface area contributed by atoms with Gasteiger partial charge in [-0.1, -0.05) is 66.2 Å². The summed E-state index contributed by atoms with van der Waals surface area (Å²) in [6.45, 7) is 2.10. The first kappa shape index (κ1) is 24.5. The highest BCUT2D eigenvalue weighted by Gasteiger charge is 2.33. The summed E-state index contributed by atoms with van der Waals surface area (Å²) in [4.78, 5) is 0. The first-order valence-electron chi connectivity index (χ1n) is 13.0. The Kier molecular flexibility index (Phi) is 6.59. The van der Waals surface area contributed by atoms with E-state index >= 15 is 0 Å². The number of nitrogens with zero attached hydrogens (tertiary/aromatic N) is 4. The first-order chi connectivity index (χ1) is 19.1. The number of ether oxygens (including phenoxy) is 2. The van der Waals surface area contributed by atoms with Crippen LogP contribution in [0.2, 0.25) is 0 Å². The van der Waals surface area contributed by atoms with E-state index in [9.17, 15) is 0 Å². The quantitative estimate of drug-likeness (QED) is 0.230. The highest BCUT2D eigenvalue weighted by Crippen LogP contribution is 2.42. The summed E-state index contributed by atoms with van der Waals surface area (Å²) in [6.07, 6.45) is 2.88. The summed E-state index contributed by atoms with van der Waals surface area (Å²) in [5, 5.41) is 12.4. The number of aryl methyl sites for hydroxylation is 1. The lowest BCUT2D eigenvalue weighted by atomic mass is 9.95. The lowest BCUT2D eigenvalue weighted by Crippen LogP contribution is -2.18. The van der Waals surface area contributed by atoms with E-state index in [0.29, 0.717) is 11.5 Å².